The van der Waals surface area contributed by atoms with Crippen molar-refractivity contribution in [3.63, 3.8) is 0 Å². The van der Waals surface area contributed by atoms with Crippen molar-refractivity contribution < 1.29 is 47.8 Å². The van der Waals surface area contributed by atoms with E-state index >= 15 is 0 Å². The second-order valence-electron chi connectivity index (χ2n) is 13.3. The van der Waals surface area contributed by atoms with E-state index in [4.69, 9.17) is 19.1 Å². The minimum atomic E-state index is -4.60. The van der Waals surface area contributed by atoms with Gasteiger partial charge in [-0.15, -0.1) is 0 Å². The summed E-state index contributed by atoms with van der Waals surface area (Å²) in [5, 5.41) is 18.2. The quantitative estimate of drug-likeness (QED) is 0.0324. The summed E-state index contributed by atoms with van der Waals surface area (Å²) in [6, 6.07) is 0. The predicted octanol–water partition coefficient (Wildman–Crippen LogP) is 9.50. The van der Waals surface area contributed by atoms with Crippen LogP contribution in [0.5, 0.6) is 0 Å². The molecule has 0 aromatic carbocycles. The lowest BCUT2D eigenvalue weighted by molar-refractivity contribution is -0.161. The van der Waals surface area contributed by atoms with Crippen LogP contribution in [0.4, 0.5) is 0 Å². The molecule has 3 atom stereocenters. The molecule has 0 heterocycles. The average Bonchev–Trinajstić information content (AvgIpc) is 3.07. The van der Waals surface area contributed by atoms with E-state index in [1.807, 2.05) is 0 Å². The van der Waals surface area contributed by atoms with Gasteiger partial charge in [-0.3, -0.25) is 18.6 Å². The van der Waals surface area contributed by atoms with Gasteiger partial charge in [-0.1, -0.05) is 162 Å². The monoisotopic (exact) mass is 708 g/mol. The van der Waals surface area contributed by atoms with Gasteiger partial charge in [-0.2, -0.15) is 0 Å². The number of phosphoric ester groups is 1. The summed E-state index contributed by atoms with van der Waals surface area (Å²) in [6.07, 6.45) is 28.0. The van der Waals surface area contributed by atoms with Crippen LogP contribution in [0, 0.1) is 0 Å². The summed E-state index contributed by atoms with van der Waals surface area (Å²) in [4.78, 5) is 34.7. The van der Waals surface area contributed by atoms with Crippen LogP contribution >= 0.6 is 7.82 Å². The van der Waals surface area contributed by atoms with E-state index in [1.165, 1.54) is 116 Å². The fourth-order valence-electron chi connectivity index (χ4n) is 5.46. The van der Waals surface area contributed by atoms with Crippen LogP contribution in [-0.4, -0.2) is 65.7 Å². The van der Waals surface area contributed by atoms with E-state index in [9.17, 15) is 24.2 Å². The molecule has 0 radical (unpaired) electrons. The topological polar surface area (TPSA) is 149 Å². The molecule has 0 saturated carbocycles. The highest BCUT2D eigenvalue weighted by Gasteiger charge is 2.27. The van der Waals surface area contributed by atoms with Crippen molar-refractivity contribution in [1.29, 1.82) is 0 Å². The molecule has 48 heavy (non-hydrogen) atoms. The Labute approximate surface area is 293 Å². The minimum Gasteiger partial charge on any atom is -0.462 e. The molecular formula is C37H73O10P. The van der Waals surface area contributed by atoms with Crippen molar-refractivity contribution in [1.82, 2.24) is 0 Å². The Morgan fingerprint density at radius 1 is 0.542 bits per heavy atom. The lowest BCUT2D eigenvalue weighted by Crippen LogP contribution is -2.29. The fourth-order valence-corrected chi connectivity index (χ4v) is 6.25. The van der Waals surface area contributed by atoms with Crippen molar-refractivity contribution in [3.8, 4) is 0 Å². The maximum Gasteiger partial charge on any atom is 0.472 e. The molecule has 0 spiro atoms. The molecule has 0 aromatic rings. The summed E-state index contributed by atoms with van der Waals surface area (Å²) in [6.45, 7) is 2.37. The molecule has 286 valence electrons. The predicted molar refractivity (Wildman–Crippen MR) is 192 cm³/mol. The Morgan fingerprint density at radius 2 is 0.896 bits per heavy atom. The highest BCUT2D eigenvalue weighted by Crippen LogP contribution is 2.43. The molecule has 0 aromatic heterocycles. The molecule has 0 saturated heterocycles. The highest BCUT2D eigenvalue weighted by molar-refractivity contribution is 7.47. The Balaban J connectivity index is 4.25. The van der Waals surface area contributed by atoms with Crippen LogP contribution in [0.2, 0.25) is 0 Å². The van der Waals surface area contributed by atoms with Crippen molar-refractivity contribution in [3.05, 3.63) is 0 Å². The molecule has 0 amide bonds. The zero-order valence-electron chi connectivity index (χ0n) is 30.7. The molecular weight excluding hydrogens is 635 g/mol. The van der Waals surface area contributed by atoms with E-state index < -0.39 is 51.8 Å². The van der Waals surface area contributed by atoms with E-state index in [2.05, 4.69) is 18.4 Å². The van der Waals surface area contributed by atoms with Gasteiger partial charge in [0, 0.05) is 12.8 Å². The van der Waals surface area contributed by atoms with Gasteiger partial charge in [-0.25, -0.2) is 4.57 Å². The fraction of sp³-hybridized carbons (Fsp3) is 0.946. The Morgan fingerprint density at radius 3 is 1.29 bits per heavy atom. The van der Waals surface area contributed by atoms with Crippen molar-refractivity contribution in [2.45, 2.75) is 199 Å². The highest BCUT2D eigenvalue weighted by atomic mass is 31.2. The van der Waals surface area contributed by atoms with Crippen molar-refractivity contribution in [2.24, 2.45) is 0 Å². The van der Waals surface area contributed by atoms with E-state index in [0.717, 1.165) is 32.1 Å². The molecule has 11 heteroatoms. The van der Waals surface area contributed by atoms with Crippen LogP contribution in [0.3, 0.4) is 0 Å². The molecule has 0 rings (SSSR count). The maximum absolute atomic E-state index is 12.5. The Kier molecular flexibility index (Phi) is 33.7. The largest absolute Gasteiger partial charge is 0.472 e. The molecule has 3 N–H and O–H groups in total. The summed E-state index contributed by atoms with van der Waals surface area (Å²) < 4.78 is 32.5. The van der Waals surface area contributed by atoms with Crippen LogP contribution < -0.4 is 0 Å². The first-order valence-corrected chi connectivity index (χ1v) is 21.0. The number of esters is 2. The number of rotatable bonds is 37. The third-order valence-corrected chi connectivity index (χ3v) is 9.46. The average molecular weight is 709 g/mol. The minimum absolute atomic E-state index is 0.190. The Bertz CT molecular complexity index is 781. The lowest BCUT2D eigenvalue weighted by atomic mass is 10.0. The zero-order chi connectivity index (χ0) is 35.6. The molecule has 0 aliphatic carbocycles. The first-order chi connectivity index (χ1) is 23.2. The van der Waals surface area contributed by atoms with Crippen LogP contribution in [-0.2, 0) is 32.7 Å². The number of hydrogen-bond acceptors (Lipinski definition) is 9. The van der Waals surface area contributed by atoms with Gasteiger partial charge in [0.2, 0.25) is 0 Å². The van der Waals surface area contributed by atoms with Crippen LogP contribution in [0.1, 0.15) is 187 Å². The van der Waals surface area contributed by atoms with Crippen LogP contribution in [0.25, 0.3) is 0 Å². The number of carbonyl (C=O) groups is 2. The summed E-state index contributed by atoms with van der Waals surface area (Å²) in [5.74, 6) is -0.917. The third-order valence-electron chi connectivity index (χ3n) is 8.51. The van der Waals surface area contributed by atoms with Gasteiger partial charge in [0.25, 0.3) is 0 Å². The summed E-state index contributed by atoms with van der Waals surface area (Å²) in [7, 11) is -4.60. The zero-order valence-corrected chi connectivity index (χ0v) is 31.6. The SMILES string of the molecule is CCCCCCCCCCCCCCCCCCC(=O)OC[C@H](COP(=O)(O)OC[C@H](O)CO)OC(=O)CCCCCCCCCCC. The molecule has 10 nitrogen and oxygen atoms in total. The maximum atomic E-state index is 12.5. The van der Waals surface area contributed by atoms with Gasteiger partial charge in [0.05, 0.1) is 19.8 Å². The first kappa shape index (κ1) is 47.0. The number of ether oxygens (including phenoxy) is 2. The molecule has 1 unspecified atom stereocenters. The van der Waals surface area contributed by atoms with Gasteiger partial charge in [0.1, 0.15) is 12.7 Å². The summed E-state index contributed by atoms with van der Waals surface area (Å²) in [5.41, 5.74) is 0. The first-order valence-electron chi connectivity index (χ1n) is 19.5. The third kappa shape index (κ3) is 33.5. The smallest absolute Gasteiger partial charge is 0.462 e. The number of unbranched alkanes of at least 4 members (excludes halogenated alkanes) is 23. The van der Waals surface area contributed by atoms with Gasteiger partial charge in [0.15, 0.2) is 6.10 Å². The standard InChI is InChI=1S/C37H73O10P/c1-3-5-7-9-11-13-14-15-16-17-18-19-21-22-24-26-28-36(40)44-32-35(33-46-48(42,43)45-31-34(39)30-38)47-37(41)29-27-25-23-20-12-10-8-6-4-2/h34-35,38-39H,3-33H2,1-2H3,(H,42,43)/t34-,35-/m1/s1. The number of carbonyl (C=O) groups excluding carboxylic acids is 2. The number of phosphoric acid groups is 1. The summed E-state index contributed by atoms with van der Waals surface area (Å²) >= 11 is 0. The van der Waals surface area contributed by atoms with Gasteiger partial charge < -0.3 is 24.6 Å². The molecule has 0 bridgehead atoms. The second-order valence-corrected chi connectivity index (χ2v) is 14.8. The molecule has 0 aliphatic rings. The van der Waals surface area contributed by atoms with E-state index in [1.54, 1.807) is 0 Å². The van der Waals surface area contributed by atoms with Crippen molar-refractivity contribution in [2.75, 3.05) is 26.4 Å². The van der Waals surface area contributed by atoms with E-state index in [-0.39, 0.29) is 19.4 Å². The van der Waals surface area contributed by atoms with Crippen molar-refractivity contribution >= 4 is 19.8 Å². The van der Waals surface area contributed by atoms with E-state index in [0.29, 0.717) is 12.8 Å². The Hall–Kier alpha value is -1.03. The lowest BCUT2D eigenvalue weighted by Gasteiger charge is -2.20. The molecule has 0 fully saturated rings. The number of aliphatic hydroxyl groups is 2. The van der Waals surface area contributed by atoms with Crippen LogP contribution in [0.15, 0.2) is 0 Å². The van der Waals surface area contributed by atoms with Gasteiger partial charge >= 0.3 is 19.8 Å². The van der Waals surface area contributed by atoms with Gasteiger partial charge in [-0.05, 0) is 12.8 Å². The molecule has 0 aliphatic heterocycles. The second kappa shape index (κ2) is 34.4. The normalized spacial score (nSPS) is 14.0. The number of hydrogen-bond donors (Lipinski definition) is 3. The number of aliphatic hydroxyl groups excluding tert-OH is 2.